The molecule has 1 aliphatic rings. The minimum absolute atomic E-state index is 0.115. The summed E-state index contributed by atoms with van der Waals surface area (Å²) in [7, 11) is 1.73. The van der Waals surface area contributed by atoms with E-state index >= 15 is 0 Å². The number of hydrogen-bond acceptors (Lipinski definition) is 2. The molecule has 1 rings (SSSR count). The fraction of sp³-hybridized carbons (Fsp3) is 0.500. The number of nitrogens with zero attached hydrogens (tertiary/aromatic N) is 1. The molecule has 0 aromatic carbocycles. The molecular weight excluding hydrogens is 116 g/mol. The monoisotopic (exact) mass is 126 g/mol. The maximum atomic E-state index is 10.8. The summed E-state index contributed by atoms with van der Waals surface area (Å²) in [6.45, 7) is 0.752. The zero-order chi connectivity index (χ0) is 6.69. The first-order valence-electron chi connectivity index (χ1n) is 2.96. The lowest BCUT2D eigenvalue weighted by Gasteiger charge is -2.13. The highest BCUT2D eigenvalue weighted by molar-refractivity contribution is 5.77. The second-order valence-electron chi connectivity index (χ2n) is 1.99. The van der Waals surface area contributed by atoms with Crippen LogP contribution in [0.4, 0.5) is 0 Å². The SMILES string of the molecule is CN1NCC=CCC1=O. The van der Waals surface area contributed by atoms with E-state index in [0.717, 1.165) is 6.54 Å². The van der Waals surface area contributed by atoms with Crippen LogP contribution < -0.4 is 5.43 Å². The Kier molecular flexibility index (Phi) is 1.85. The molecule has 0 saturated carbocycles. The molecule has 1 amide bonds. The average Bonchev–Trinajstić information content (AvgIpc) is 1.99. The van der Waals surface area contributed by atoms with E-state index in [9.17, 15) is 4.79 Å². The summed E-state index contributed by atoms with van der Waals surface area (Å²) in [4.78, 5) is 10.8. The summed E-state index contributed by atoms with van der Waals surface area (Å²) >= 11 is 0. The van der Waals surface area contributed by atoms with Crippen LogP contribution in [0.1, 0.15) is 6.42 Å². The molecule has 0 aromatic heterocycles. The van der Waals surface area contributed by atoms with E-state index in [4.69, 9.17) is 0 Å². The Balaban J connectivity index is 2.52. The van der Waals surface area contributed by atoms with E-state index in [0.29, 0.717) is 6.42 Å². The number of hydrogen-bond donors (Lipinski definition) is 1. The number of hydrazine groups is 1. The number of rotatable bonds is 0. The number of nitrogens with one attached hydrogen (secondary N) is 1. The summed E-state index contributed by atoms with van der Waals surface area (Å²) in [6, 6.07) is 0. The van der Waals surface area contributed by atoms with Gasteiger partial charge < -0.3 is 0 Å². The molecule has 50 valence electrons. The standard InChI is InChI=1S/C6H10N2O/c1-8-6(9)4-2-3-5-7-8/h2-3,7H,4-5H2,1H3. The Bertz CT molecular complexity index is 142. The third kappa shape index (κ3) is 1.54. The molecule has 1 N–H and O–H groups in total. The van der Waals surface area contributed by atoms with E-state index in [1.807, 2.05) is 12.2 Å². The van der Waals surface area contributed by atoms with Crippen LogP contribution in [0.25, 0.3) is 0 Å². The van der Waals surface area contributed by atoms with Crippen LogP contribution in [-0.2, 0) is 4.79 Å². The van der Waals surface area contributed by atoms with Crippen LogP contribution >= 0.6 is 0 Å². The minimum Gasteiger partial charge on any atom is -0.281 e. The molecule has 0 spiro atoms. The maximum absolute atomic E-state index is 10.8. The van der Waals surface area contributed by atoms with Crippen molar-refractivity contribution in [2.24, 2.45) is 0 Å². The molecule has 0 atom stereocenters. The highest BCUT2D eigenvalue weighted by Gasteiger charge is 2.06. The van der Waals surface area contributed by atoms with Crippen LogP contribution in [0.15, 0.2) is 12.2 Å². The second-order valence-corrected chi connectivity index (χ2v) is 1.99. The molecule has 0 saturated heterocycles. The molecule has 0 unspecified atom stereocenters. The van der Waals surface area contributed by atoms with Gasteiger partial charge in [0.15, 0.2) is 0 Å². The first-order chi connectivity index (χ1) is 4.30. The molecule has 0 fully saturated rings. The van der Waals surface area contributed by atoms with Crippen molar-refractivity contribution in [1.29, 1.82) is 0 Å². The van der Waals surface area contributed by atoms with Crippen LogP contribution in [-0.4, -0.2) is 24.5 Å². The number of carbonyl (C=O) groups is 1. The van der Waals surface area contributed by atoms with Gasteiger partial charge in [0.05, 0.1) is 0 Å². The largest absolute Gasteiger partial charge is 0.281 e. The van der Waals surface area contributed by atoms with Crippen LogP contribution in [0.5, 0.6) is 0 Å². The van der Waals surface area contributed by atoms with Gasteiger partial charge in [-0.2, -0.15) is 0 Å². The van der Waals surface area contributed by atoms with Gasteiger partial charge in [-0.05, 0) is 0 Å². The van der Waals surface area contributed by atoms with Crippen molar-refractivity contribution in [2.75, 3.05) is 13.6 Å². The normalized spacial score (nSPS) is 20.1. The lowest BCUT2D eigenvalue weighted by atomic mass is 10.4. The number of carbonyl (C=O) groups excluding carboxylic acids is 1. The highest BCUT2D eigenvalue weighted by atomic mass is 16.2. The van der Waals surface area contributed by atoms with Gasteiger partial charge in [0.25, 0.3) is 0 Å². The summed E-state index contributed by atoms with van der Waals surface area (Å²) in [6.07, 6.45) is 4.34. The summed E-state index contributed by atoms with van der Waals surface area (Å²) in [5, 5.41) is 1.51. The zero-order valence-corrected chi connectivity index (χ0v) is 5.42. The topological polar surface area (TPSA) is 32.3 Å². The first-order valence-corrected chi connectivity index (χ1v) is 2.96. The predicted molar refractivity (Wildman–Crippen MR) is 34.5 cm³/mol. The van der Waals surface area contributed by atoms with E-state index in [2.05, 4.69) is 5.43 Å². The second kappa shape index (κ2) is 2.64. The predicted octanol–water partition coefficient (Wildman–Crippen LogP) is -0.0907. The summed E-state index contributed by atoms with van der Waals surface area (Å²) in [5.41, 5.74) is 2.89. The molecular formula is C6H10N2O. The highest BCUT2D eigenvalue weighted by Crippen LogP contribution is 1.92. The zero-order valence-electron chi connectivity index (χ0n) is 5.42. The van der Waals surface area contributed by atoms with Gasteiger partial charge in [-0.15, -0.1) is 0 Å². The van der Waals surface area contributed by atoms with Crippen molar-refractivity contribution in [3.8, 4) is 0 Å². The molecule has 3 nitrogen and oxygen atoms in total. The van der Waals surface area contributed by atoms with Crippen molar-refractivity contribution >= 4 is 5.91 Å². The molecule has 0 aliphatic carbocycles. The summed E-state index contributed by atoms with van der Waals surface area (Å²) < 4.78 is 0. The molecule has 9 heavy (non-hydrogen) atoms. The van der Waals surface area contributed by atoms with Gasteiger partial charge in [-0.1, -0.05) is 12.2 Å². The fourth-order valence-corrected chi connectivity index (χ4v) is 0.682. The minimum atomic E-state index is 0.115. The quantitative estimate of drug-likeness (QED) is 0.460. The summed E-state index contributed by atoms with van der Waals surface area (Å²) in [5.74, 6) is 0.115. The van der Waals surface area contributed by atoms with Crippen molar-refractivity contribution in [3.63, 3.8) is 0 Å². The van der Waals surface area contributed by atoms with Crippen LogP contribution in [0.3, 0.4) is 0 Å². The first kappa shape index (κ1) is 6.29. The van der Waals surface area contributed by atoms with Gasteiger partial charge in [0, 0.05) is 20.0 Å². The van der Waals surface area contributed by atoms with Crippen molar-refractivity contribution in [1.82, 2.24) is 10.4 Å². The Hall–Kier alpha value is -0.830. The van der Waals surface area contributed by atoms with Crippen molar-refractivity contribution in [2.45, 2.75) is 6.42 Å². The Morgan fingerprint density at radius 2 is 2.44 bits per heavy atom. The Labute approximate surface area is 54.3 Å². The van der Waals surface area contributed by atoms with E-state index < -0.39 is 0 Å². The smallest absolute Gasteiger partial charge is 0.240 e. The molecule has 1 aliphatic heterocycles. The van der Waals surface area contributed by atoms with Crippen LogP contribution in [0, 0.1) is 0 Å². The van der Waals surface area contributed by atoms with E-state index in [-0.39, 0.29) is 5.91 Å². The maximum Gasteiger partial charge on any atom is 0.240 e. The van der Waals surface area contributed by atoms with Crippen molar-refractivity contribution < 1.29 is 4.79 Å². The third-order valence-corrected chi connectivity index (χ3v) is 1.28. The van der Waals surface area contributed by atoms with Gasteiger partial charge in [0.1, 0.15) is 0 Å². The Morgan fingerprint density at radius 3 is 3.22 bits per heavy atom. The lowest BCUT2D eigenvalue weighted by molar-refractivity contribution is -0.131. The van der Waals surface area contributed by atoms with Crippen molar-refractivity contribution in [3.05, 3.63) is 12.2 Å². The van der Waals surface area contributed by atoms with E-state index in [1.165, 1.54) is 5.01 Å². The number of amides is 1. The van der Waals surface area contributed by atoms with Crippen LogP contribution in [0.2, 0.25) is 0 Å². The molecule has 1 heterocycles. The molecule has 0 aromatic rings. The van der Waals surface area contributed by atoms with Gasteiger partial charge in [-0.3, -0.25) is 9.80 Å². The van der Waals surface area contributed by atoms with Gasteiger partial charge >= 0.3 is 0 Å². The van der Waals surface area contributed by atoms with Gasteiger partial charge in [-0.25, -0.2) is 5.43 Å². The molecule has 0 bridgehead atoms. The Morgan fingerprint density at radius 1 is 1.67 bits per heavy atom. The van der Waals surface area contributed by atoms with E-state index in [1.54, 1.807) is 7.05 Å². The average molecular weight is 126 g/mol. The molecule has 3 heteroatoms. The van der Waals surface area contributed by atoms with Gasteiger partial charge in [0.2, 0.25) is 5.91 Å². The molecule has 0 radical (unpaired) electrons. The fourth-order valence-electron chi connectivity index (χ4n) is 0.682. The lowest BCUT2D eigenvalue weighted by Crippen LogP contribution is -2.37. The third-order valence-electron chi connectivity index (χ3n) is 1.28.